The number of rotatable bonds is 10. The SMILES string of the molecule is CC[C@H](C(=O)NC1CCCCC1)N(Cc1c(Cl)cccc1Cl)C(=O)COc1ccc(C(C)C)cc1. The Bertz CT molecular complexity index is 968. The molecule has 1 N–H and O–H groups in total. The Balaban J connectivity index is 1.78. The van der Waals surface area contributed by atoms with Gasteiger partial charge >= 0.3 is 0 Å². The van der Waals surface area contributed by atoms with Crippen LogP contribution in [-0.4, -0.2) is 35.4 Å². The van der Waals surface area contributed by atoms with Crippen LogP contribution in [0.3, 0.4) is 0 Å². The van der Waals surface area contributed by atoms with Gasteiger partial charge in [0.15, 0.2) is 6.61 Å². The van der Waals surface area contributed by atoms with Gasteiger partial charge in [0.2, 0.25) is 5.91 Å². The molecule has 0 aliphatic heterocycles. The average Bonchev–Trinajstić information content (AvgIpc) is 2.85. The van der Waals surface area contributed by atoms with Gasteiger partial charge in [-0.05, 0) is 55.0 Å². The Labute approximate surface area is 219 Å². The van der Waals surface area contributed by atoms with Crippen molar-refractivity contribution in [2.24, 2.45) is 0 Å². The van der Waals surface area contributed by atoms with Gasteiger partial charge in [0.1, 0.15) is 11.8 Å². The minimum absolute atomic E-state index is 0.129. The number of nitrogens with one attached hydrogen (secondary N) is 1. The van der Waals surface area contributed by atoms with E-state index in [4.69, 9.17) is 27.9 Å². The van der Waals surface area contributed by atoms with Crippen molar-refractivity contribution in [3.8, 4) is 5.75 Å². The Morgan fingerprint density at radius 3 is 2.23 bits per heavy atom. The Morgan fingerprint density at radius 1 is 1.03 bits per heavy atom. The van der Waals surface area contributed by atoms with Crippen molar-refractivity contribution in [1.82, 2.24) is 10.2 Å². The minimum atomic E-state index is -0.649. The van der Waals surface area contributed by atoms with Crippen molar-refractivity contribution in [2.45, 2.75) is 83.8 Å². The molecule has 3 rings (SSSR count). The summed E-state index contributed by atoms with van der Waals surface area (Å²) in [5.41, 5.74) is 1.82. The molecule has 1 aliphatic carbocycles. The van der Waals surface area contributed by atoms with Crippen LogP contribution in [0, 0.1) is 0 Å². The molecular weight excluding hydrogens is 483 g/mol. The molecule has 2 aromatic carbocycles. The van der Waals surface area contributed by atoms with Crippen molar-refractivity contribution in [1.29, 1.82) is 0 Å². The van der Waals surface area contributed by atoms with Gasteiger partial charge in [0.25, 0.3) is 5.91 Å². The second-order valence-electron chi connectivity index (χ2n) is 9.50. The van der Waals surface area contributed by atoms with Crippen LogP contribution >= 0.6 is 23.2 Å². The highest BCUT2D eigenvalue weighted by molar-refractivity contribution is 6.36. The number of carbonyl (C=O) groups excluding carboxylic acids is 2. The molecule has 1 aliphatic rings. The summed E-state index contributed by atoms with van der Waals surface area (Å²) in [4.78, 5) is 28.3. The van der Waals surface area contributed by atoms with Gasteiger partial charge in [-0.15, -0.1) is 0 Å². The fraction of sp³-hybridized carbons (Fsp3) is 0.500. The van der Waals surface area contributed by atoms with Crippen molar-refractivity contribution >= 4 is 35.0 Å². The van der Waals surface area contributed by atoms with E-state index in [0.717, 1.165) is 25.7 Å². The van der Waals surface area contributed by atoms with Gasteiger partial charge in [-0.3, -0.25) is 9.59 Å². The largest absolute Gasteiger partial charge is 0.484 e. The third-order valence-electron chi connectivity index (χ3n) is 6.64. The number of hydrogen-bond donors (Lipinski definition) is 1. The highest BCUT2D eigenvalue weighted by Crippen LogP contribution is 2.27. The number of nitrogens with zero attached hydrogens (tertiary/aromatic N) is 1. The van der Waals surface area contributed by atoms with Gasteiger partial charge in [-0.25, -0.2) is 0 Å². The zero-order valence-corrected chi connectivity index (χ0v) is 22.4. The van der Waals surface area contributed by atoms with Crippen molar-refractivity contribution in [2.75, 3.05) is 6.61 Å². The summed E-state index contributed by atoms with van der Waals surface area (Å²) in [6, 6.07) is 12.5. The number of ether oxygens (including phenoxy) is 1. The van der Waals surface area contributed by atoms with E-state index < -0.39 is 6.04 Å². The third-order valence-corrected chi connectivity index (χ3v) is 7.34. The summed E-state index contributed by atoms with van der Waals surface area (Å²) < 4.78 is 5.82. The highest BCUT2D eigenvalue weighted by Gasteiger charge is 2.31. The normalized spacial score (nSPS) is 15.0. The van der Waals surface area contributed by atoms with Crippen LogP contribution in [-0.2, 0) is 16.1 Å². The van der Waals surface area contributed by atoms with Gasteiger partial charge in [-0.2, -0.15) is 0 Å². The first kappa shape index (κ1) is 27.3. The number of carbonyl (C=O) groups is 2. The van der Waals surface area contributed by atoms with E-state index in [1.54, 1.807) is 23.1 Å². The van der Waals surface area contributed by atoms with Crippen LogP contribution in [0.25, 0.3) is 0 Å². The number of hydrogen-bond acceptors (Lipinski definition) is 3. The molecule has 2 aromatic rings. The lowest BCUT2D eigenvalue weighted by molar-refractivity contribution is -0.143. The van der Waals surface area contributed by atoms with Gasteiger partial charge < -0.3 is 15.0 Å². The number of amides is 2. The quantitative estimate of drug-likeness (QED) is 0.378. The van der Waals surface area contributed by atoms with Crippen molar-refractivity contribution in [3.63, 3.8) is 0 Å². The van der Waals surface area contributed by atoms with E-state index in [2.05, 4.69) is 19.2 Å². The lowest BCUT2D eigenvalue weighted by Crippen LogP contribution is -2.52. The molecule has 0 spiro atoms. The fourth-order valence-corrected chi connectivity index (χ4v) is 5.01. The number of halogens is 2. The van der Waals surface area contributed by atoms with E-state index in [1.165, 1.54) is 12.0 Å². The van der Waals surface area contributed by atoms with Crippen LogP contribution in [0.15, 0.2) is 42.5 Å². The maximum atomic E-state index is 13.5. The standard InChI is InChI=1S/C28H36Cl2N2O3/c1-4-26(28(34)31-21-9-6-5-7-10-21)32(17-23-24(29)11-8-12-25(23)30)27(33)18-35-22-15-13-20(14-16-22)19(2)3/h8,11-16,19,21,26H,4-7,9-10,17-18H2,1-3H3,(H,31,34)/t26-/m1/s1. The fourth-order valence-electron chi connectivity index (χ4n) is 4.49. The average molecular weight is 520 g/mol. The summed E-state index contributed by atoms with van der Waals surface area (Å²) in [6.45, 7) is 6.10. The lowest BCUT2D eigenvalue weighted by Gasteiger charge is -2.33. The van der Waals surface area contributed by atoms with Crippen molar-refractivity contribution < 1.29 is 14.3 Å². The Kier molecular flexibility index (Phi) is 10.3. The first-order chi connectivity index (χ1) is 16.8. The van der Waals surface area contributed by atoms with Crippen LogP contribution in [0.5, 0.6) is 5.75 Å². The summed E-state index contributed by atoms with van der Waals surface area (Å²) in [5.74, 6) is 0.587. The second kappa shape index (κ2) is 13.2. The molecule has 1 atom stereocenters. The summed E-state index contributed by atoms with van der Waals surface area (Å²) in [6.07, 6.45) is 5.85. The molecule has 7 heteroatoms. The smallest absolute Gasteiger partial charge is 0.261 e. The third kappa shape index (κ3) is 7.62. The van der Waals surface area contributed by atoms with Crippen LogP contribution in [0.2, 0.25) is 10.0 Å². The topological polar surface area (TPSA) is 58.6 Å². The molecular formula is C28H36Cl2N2O3. The zero-order chi connectivity index (χ0) is 25.4. The summed E-state index contributed by atoms with van der Waals surface area (Å²) in [7, 11) is 0. The molecule has 1 saturated carbocycles. The lowest BCUT2D eigenvalue weighted by atomic mass is 9.95. The summed E-state index contributed by atoms with van der Waals surface area (Å²) >= 11 is 12.8. The number of benzene rings is 2. The Morgan fingerprint density at radius 2 is 1.66 bits per heavy atom. The predicted molar refractivity (Wildman–Crippen MR) is 142 cm³/mol. The van der Waals surface area contributed by atoms with E-state index in [9.17, 15) is 9.59 Å². The molecule has 0 heterocycles. The maximum absolute atomic E-state index is 13.5. The monoisotopic (exact) mass is 518 g/mol. The molecule has 1 fully saturated rings. The molecule has 0 unspecified atom stereocenters. The van der Waals surface area contributed by atoms with E-state index in [0.29, 0.717) is 33.7 Å². The molecule has 190 valence electrons. The van der Waals surface area contributed by atoms with E-state index in [1.807, 2.05) is 31.2 Å². The molecule has 2 amide bonds. The second-order valence-corrected chi connectivity index (χ2v) is 10.3. The van der Waals surface area contributed by atoms with E-state index >= 15 is 0 Å². The van der Waals surface area contributed by atoms with Crippen LogP contribution < -0.4 is 10.1 Å². The Hall–Kier alpha value is -2.24. The molecule has 0 aromatic heterocycles. The van der Waals surface area contributed by atoms with Gasteiger partial charge in [0, 0.05) is 28.2 Å². The zero-order valence-electron chi connectivity index (χ0n) is 20.9. The molecule has 35 heavy (non-hydrogen) atoms. The predicted octanol–water partition coefficient (Wildman–Crippen LogP) is 6.75. The molecule has 0 bridgehead atoms. The first-order valence-electron chi connectivity index (χ1n) is 12.6. The van der Waals surface area contributed by atoms with Gasteiger partial charge in [0.05, 0.1) is 0 Å². The minimum Gasteiger partial charge on any atom is -0.484 e. The van der Waals surface area contributed by atoms with Crippen LogP contribution in [0.1, 0.15) is 76.3 Å². The first-order valence-corrected chi connectivity index (χ1v) is 13.3. The summed E-state index contributed by atoms with van der Waals surface area (Å²) in [5, 5.41) is 4.09. The van der Waals surface area contributed by atoms with Crippen LogP contribution in [0.4, 0.5) is 0 Å². The molecule has 5 nitrogen and oxygen atoms in total. The van der Waals surface area contributed by atoms with E-state index in [-0.39, 0.29) is 31.0 Å². The van der Waals surface area contributed by atoms with Crippen molar-refractivity contribution in [3.05, 3.63) is 63.6 Å². The molecule has 0 radical (unpaired) electrons. The highest BCUT2D eigenvalue weighted by atomic mass is 35.5. The van der Waals surface area contributed by atoms with Gasteiger partial charge in [-0.1, -0.05) is 81.4 Å². The maximum Gasteiger partial charge on any atom is 0.261 e. The molecule has 0 saturated heterocycles.